The highest BCUT2D eigenvalue weighted by Gasteiger charge is 2.36. The van der Waals surface area contributed by atoms with Gasteiger partial charge in [0, 0.05) is 5.56 Å². The van der Waals surface area contributed by atoms with E-state index in [1.165, 1.54) is 0 Å². The van der Waals surface area contributed by atoms with Gasteiger partial charge in [-0.15, -0.1) is 0 Å². The van der Waals surface area contributed by atoms with Gasteiger partial charge in [0.1, 0.15) is 5.82 Å². The van der Waals surface area contributed by atoms with Gasteiger partial charge in [0.05, 0.1) is 6.42 Å². The Balaban J connectivity index is 2.74. The molecule has 0 aromatic heterocycles. The van der Waals surface area contributed by atoms with Crippen LogP contribution in [-0.4, -0.2) is 16.9 Å². The minimum absolute atomic E-state index is 0.0179. The van der Waals surface area contributed by atoms with Crippen LogP contribution in [0.1, 0.15) is 16.8 Å². The second-order valence-corrected chi connectivity index (χ2v) is 3.50. The molecule has 0 aliphatic heterocycles. The van der Waals surface area contributed by atoms with Crippen molar-refractivity contribution >= 4 is 23.2 Å². The summed E-state index contributed by atoms with van der Waals surface area (Å²) in [6.07, 6.45) is -1.01. The van der Waals surface area contributed by atoms with Crippen LogP contribution >= 0.6 is 11.6 Å². The van der Waals surface area contributed by atoms with Crippen molar-refractivity contribution in [3.63, 3.8) is 0 Å². The summed E-state index contributed by atoms with van der Waals surface area (Å²) in [5, 5.41) is -4.05. The van der Waals surface area contributed by atoms with E-state index in [1.54, 1.807) is 0 Å². The molecule has 0 aliphatic rings. The van der Waals surface area contributed by atoms with Crippen LogP contribution in [0.15, 0.2) is 24.3 Å². The standard InChI is InChI=1S/C10H6ClF3O2/c11-10(13,14)9(16)5-8(15)6-1-3-7(12)4-2-6/h1-4H,5H2. The van der Waals surface area contributed by atoms with Crippen molar-refractivity contribution in [2.24, 2.45) is 0 Å². The molecule has 0 amide bonds. The van der Waals surface area contributed by atoms with Crippen LogP contribution in [0.4, 0.5) is 13.2 Å². The Kier molecular flexibility index (Phi) is 3.70. The fraction of sp³-hybridized carbons (Fsp3) is 0.200. The summed E-state index contributed by atoms with van der Waals surface area (Å²) in [6, 6.07) is 4.21. The van der Waals surface area contributed by atoms with Gasteiger partial charge in [-0.2, -0.15) is 8.78 Å². The van der Waals surface area contributed by atoms with E-state index in [1.807, 2.05) is 0 Å². The van der Waals surface area contributed by atoms with Crippen molar-refractivity contribution in [2.75, 3.05) is 0 Å². The second-order valence-electron chi connectivity index (χ2n) is 3.03. The van der Waals surface area contributed by atoms with Gasteiger partial charge in [-0.1, -0.05) is 0 Å². The van der Waals surface area contributed by atoms with E-state index >= 15 is 0 Å². The summed E-state index contributed by atoms with van der Waals surface area (Å²) in [5.74, 6) is -3.07. The molecule has 0 saturated carbocycles. The first kappa shape index (κ1) is 12.7. The summed E-state index contributed by atoms with van der Waals surface area (Å²) < 4.78 is 37.0. The molecule has 0 radical (unpaired) electrons. The molecule has 2 nitrogen and oxygen atoms in total. The first-order chi connectivity index (χ1) is 7.30. The highest BCUT2D eigenvalue weighted by molar-refractivity contribution is 6.34. The van der Waals surface area contributed by atoms with E-state index < -0.39 is 29.2 Å². The van der Waals surface area contributed by atoms with Crippen molar-refractivity contribution in [2.45, 2.75) is 11.8 Å². The molecule has 6 heteroatoms. The normalized spacial score (nSPS) is 11.2. The van der Waals surface area contributed by atoms with Gasteiger partial charge in [-0.25, -0.2) is 4.39 Å². The summed E-state index contributed by atoms with van der Waals surface area (Å²) in [5.41, 5.74) is -0.0179. The molecule has 1 aromatic rings. The Morgan fingerprint density at radius 3 is 2.12 bits per heavy atom. The van der Waals surface area contributed by atoms with E-state index in [9.17, 15) is 22.8 Å². The molecule has 0 fully saturated rings. The molecular formula is C10H6ClF3O2. The first-order valence-corrected chi connectivity index (χ1v) is 4.57. The number of carbonyl (C=O) groups excluding carboxylic acids is 2. The number of benzene rings is 1. The predicted molar refractivity (Wildman–Crippen MR) is 51.2 cm³/mol. The largest absolute Gasteiger partial charge is 0.380 e. The third kappa shape index (κ3) is 3.34. The number of ketones is 2. The highest BCUT2D eigenvalue weighted by atomic mass is 35.5. The Morgan fingerprint density at radius 2 is 1.69 bits per heavy atom. The van der Waals surface area contributed by atoms with Gasteiger partial charge in [-0.05, 0) is 35.9 Å². The number of rotatable bonds is 4. The molecule has 0 N–H and O–H groups in total. The molecule has 0 saturated heterocycles. The zero-order chi connectivity index (χ0) is 12.3. The Bertz CT molecular complexity index is 409. The maximum atomic E-state index is 12.5. The molecule has 0 atom stereocenters. The molecule has 0 bridgehead atoms. The fourth-order valence-corrected chi connectivity index (χ4v) is 1.05. The van der Waals surface area contributed by atoms with Gasteiger partial charge in [0.15, 0.2) is 5.78 Å². The smallest absolute Gasteiger partial charge is 0.294 e. The molecule has 1 aromatic carbocycles. The van der Waals surface area contributed by atoms with Crippen LogP contribution in [0.25, 0.3) is 0 Å². The van der Waals surface area contributed by atoms with Crippen LogP contribution < -0.4 is 0 Å². The number of alkyl halides is 3. The summed E-state index contributed by atoms with van der Waals surface area (Å²) in [4.78, 5) is 22.0. The molecule has 0 aliphatic carbocycles. The zero-order valence-corrected chi connectivity index (χ0v) is 8.60. The predicted octanol–water partition coefficient (Wildman–Crippen LogP) is 2.80. The first-order valence-electron chi connectivity index (χ1n) is 4.19. The topological polar surface area (TPSA) is 34.1 Å². The molecule has 0 unspecified atom stereocenters. The van der Waals surface area contributed by atoms with Crippen molar-refractivity contribution in [1.29, 1.82) is 0 Å². The van der Waals surface area contributed by atoms with E-state index in [-0.39, 0.29) is 5.56 Å². The lowest BCUT2D eigenvalue weighted by Crippen LogP contribution is -2.24. The fourth-order valence-electron chi connectivity index (χ4n) is 0.984. The minimum atomic E-state index is -4.05. The van der Waals surface area contributed by atoms with E-state index in [0.717, 1.165) is 24.3 Å². The quantitative estimate of drug-likeness (QED) is 0.468. The average molecular weight is 251 g/mol. The van der Waals surface area contributed by atoms with Gasteiger partial charge < -0.3 is 0 Å². The van der Waals surface area contributed by atoms with E-state index in [2.05, 4.69) is 11.6 Å². The third-order valence-electron chi connectivity index (χ3n) is 1.80. The van der Waals surface area contributed by atoms with E-state index in [0.29, 0.717) is 0 Å². The highest BCUT2D eigenvalue weighted by Crippen LogP contribution is 2.22. The lowest BCUT2D eigenvalue weighted by Gasteiger charge is -2.05. The molecule has 86 valence electrons. The molecular weight excluding hydrogens is 245 g/mol. The number of carbonyl (C=O) groups is 2. The average Bonchev–Trinajstić information content (AvgIpc) is 2.17. The third-order valence-corrected chi connectivity index (χ3v) is 2.01. The van der Waals surface area contributed by atoms with Gasteiger partial charge in [0.25, 0.3) is 0 Å². The second kappa shape index (κ2) is 4.65. The monoisotopic (exact) mass is 250 g/mol. The van der Waals surface area contributed by atoms with E-state index in [4.69, 9.17) is 0 Å². The minimum Gasteiger partial charge on any atom is -0.294 e. The Hall–Kier alpha value is -1.36. The van der Waals surface area contributed by atoms with Crippen LogP contribution in [0.3, 0.4) is 0 Å². The summed E-state index contributed by atoms with van der Waals surface area (Å²) in [7, 11) is 0. The van der Waals surface area contributed by atoms with Crippen molar-refractivity contribution in [3.8, 4) is 0 Å². The van der Waals surface area contributed by atoms with Crippen LogP contribution in [0.5, 0.6) is 0 Å². The number of Topliss-reactive ketones (excluding diaryl/α,β-unsaturated/α-hetero) is 2. The molecule has 0 spiro atoms. The lowest BCUT2D eigenvalue weighted by molar-refractivity contribution is -0.132. The Morgan fingerprint density at radius 1 is 1.19 bits per heavy atom. The van der Waals surface area contributed by atoms with Crippen molar-refractivity contribution in [1.82, 2.24) is 0 Å². The molecule has 16 heavy (non-hydrogen) atoms. The maximum absolute atomic E-state index is 12.5. The zero-order valence-electron chi connectivity index (χ0n) is 7.84. The SMILES string of the molecule is O=C(CC(=O)C(F)(F)Cl)c1ccc(F)cc1. The summed E-state index contributed by atoms with van der Waals surface area (Å²) in [6.45, 7) is 0. The van der Waals surface area contributed by atoms with Crippen molar-refractivity contribution < 1.29 is 22.8 Å². The van der Waals surface area contributed by atoms with Crippen LogP contribution in [-0.2, 0) is 4.79 Å². The molecule has 1 rings (SSSR count). The number of halogens is 4. The van der Waals surface area contributed by atoms with Crippen LogP contribution in [0.2, 0.25) is 0 Å². The Labute approximate surface area is 94.0 Å². The van der Waals surface area contributed by atoms with Crippen LogP contribution in [0, 0.1) is 5.82 Å². The van der Waals surface area contributed by atoms with Gasteiger partial charge in [0.2, 0.25) is 5.78 Å². The number of hydrogen-bond acceptors (Lipinski definition) is 2. The molecule has 0 heterocycles. The number of hydrogen-bond donors (Lipinski definition) is 0. The summed E-state index contributed by atoms with van der Waals surface area (Å²) >= 11 is 4.45. The van der Waals surface area contributed by atoms with Crippen molar-refractivity contribution in [3.05, 3.63) is 35.6 Å². The lowest BCUT2D eigenvalue weighted by atomic mass is 10.1. The van der Waals surface area contributed by atoms with Gasteiger partial charge in [-0.3, -0.25) is 9.59 Å². The van der Waals surface area contributed by atoms with Gasteiger partial charge >= 0.3 is 5.38 Å². The maximum Gasteiger partial charge on any atom is 0.380 e.